The van der Waals surface area contributed by atoms with E-state index in [-0.39, 0.29) is 29.0 Å². The van der Waals surface area contributed by atoms with Gasteiger partial charge in [0.05, 0.1) is 5.75 Å². The minimum atomic E-state index is -1.24. The first-order valence-corrected chi connectivity index (χ1v) is 16.1. The van der Waals surface area contributed by atoms with Crippen molar-refractivity contribution in [2.24, 2.45) is 0 Å². The van der Waals surface area contributed by atoms with E-state index in [1.54, 1.807) is 40.9 Å². The minimum absolute atomic E-state index is 0.0211. The van der Waals surface area contributed by atoms with E-state index in [1.807, 2.05) is 11.8 Å². The average molecular weight is 634 g/mol. The summed E-state index contributed by atoms with van der Waals surface area (Å²) in [6.45, 7) is 2.45. The van der Waals surface area contributed by atoms with Gasteiger partial charge in [-0.1, -0.05) is 11.8 Å². The van der Waals surface area contributed by atoms with Crippen LogP contribution in [0.2, 0.25) is 0 Å². The van der Waals surface area contributed by atoms with Gasteiger partial charge in [0.1, 0.15) is 27.9 Å². The molecule has 226 valence electrons. The summed E-state index contributed by atoms with van der Waals surface area (Å²) < 4.78 is 1.54. The number of hydrogen-bond donors (Lipinski definition) is 3. The number of carboxylic acid groups (broad SMARTS) is 1. The van der Waals surface area contributed by atoms with Gasteiger partial charge in [0.2, 0.25) is 11.8 Å². The second-order valence-corrected chi connectivity index (χ2v) is 13.1. The van der Waals surface area contributed by atoms with E-state index in [1.165, 1.54) is 28.4 Å². The molecule has 7 rings (SSSR count). The molecule has 2 saturated heterocycles. The van der Waals surface area contributed by atoms with Gasteiger partial charge < -0.3 is 20.4 Å². The third-order valence-electron chi connectivity index (χ3n) is 7.89. The molecule has 2 atom stereocenters. The lowest BCUT2D eigenvalue weighted by molar-refractivity contribution is -0.150. The van der Waals surface area contributed by atoms with Gasteiger partial charge in [0.25, 0.3) is 11.7 Å². The number of aromatic nitrogens is 4. The van der Waals surface area contributed by atoms with Crippen LogP contribution in [0.1, 0.15) is 25.0 Å². The summed E-state index contributed by atoms with van der Waals surface area (Å²) in [6.07, 6.45) is 4.20. The molecule has 3 amide bonds. The summed E-state index contributed by atoms with van der Waals surface area (Å²) in [5, 5.41) is 27.0. The number of hydrogen-bond acceptors (Lipinski definition) is 10. The Morgan fingerprint density at radius 1 is 1.18 bits per heavy atom. The molecule has 3 aliphatic heterocycles. The van der Waals surface area contributed by atoms with Crippen molar-refractivity contribution in [2.45, 2.75) is 48.7 Å². The molecule has 13 nitrogen and oxygen atoms in total. The fourth-order valence-electron chi connectivity index (χ4n) is 5.61. The topological polar surface area (TPSA) is 170 Å². The van der Waals surface area contributed by atoms with Gasteiger partial charge in [-0.25, -0.2) is 9.78 Å². The van der Waals surface area contributed by atoms with E-state index in [9.17, 15) is 29.4 Å². The summed E-state index contributed by atoms with van der Waals surface area (Å²) in [6, 6.07) is 7.69. The smallest absolute Gasteiger partial charge is 0.352 e. The molecule has 3 fully saturated rings. The van der Waals surface area contributed by atoms with Crippen LogP contribution in [0.5, 0.6) is 5.75 Å². The number of aryl methyl sites for hydroxylation is 1. The van der Waals surface area contributed by atoms with E-state index in [0.29, 0.717) is 63.8 Å². The number of carbonyl (C=O) groups is 4. The van der Waals surface area contributed by atoms with Gasteiger partial charge in [-0.15, -0.1) is 16.9 Å². The molecule has 1 aliphatic carbocycles. The number of carboxylic acids is 1. The Morgan fingerprint density at radius 3 is 2.68 bits per heavy atom. The van der Waals surface area contributed by atoms with Crippen molar-refractivity contribution < 1.29 is 29.4 Å². The molecule has 0 radical (unpaired) electrons. The van der Waals surface area contributed by atoms with Crippen molar-refractivity contribution in [1.82, 2.24) is 34.7 Å². The van der Waals surface area contributed by atoms with Crippen molar-refractivity contribution >= 4 is 53.0 Å². The van der Waals surface area contributed by atoms with E-state index < -0.39 is 23.3 Å². The van der Waals surface area contributed by atoms with Crippen molar-refractivity contribution in [1.29, 1.82) is 0 Å². The van der Waals surface area contributed by atoms with Crippen LogP contribution in [-0.2, 0) is 19.2 Å². The van der Waals surface area contributed by atoms with Crippen LogP contribution in [0.3, 0.4) is 0 Å². The highest BCUT2D eigenvalue weighted by Crippen LogP contribution is 2.42. The lowest BCUT2D eigenvalue weighted by atomic mass is 10.0. The molecule has 2 aromatic heterocycles. The molecule has 0 unspecified atom stereocenters. The van der Waals surface area contributed by atoms with E-state index in [0.717, 1.165) is 12.8 Å². The fraction of sp³-hybridized carbons (Fsp3) is 0.345. The van der Waals surface area contributed by atoms with Crippen LogP contribution in [0.15, 0.2) is 58.3 Å². The Balaban J connectivity index is 1.03. The molecule has 3 N–H and O–H groups in total. The molecule has 1 aromatic carbocycles. The number of aromatic hydroxyl groups is 1. The van der Waals surface area contributed by atoms with Gasteiger partial charge in [-0.05, 0) is 68.2 Å². The second kappa shape index (κ2) is 11.0. The number of benzene rings is 1. The van der Waals surface area contributed by atoms with Crippen LogP contribution in [0, 0.1) is 6.92 Å². The maximum absolute atomic E-state index is 13.1. The Labute approximate surface area is 259 Å². The zero-order valence-electron chi connectivity index (χ0n) is 23.5. The third-order valence-corrected chi connectivity index (χ3v) is 10.2. The van der Waals surface area contributed by atoms with E-state index >= 15 is 0 Å². The number of thioether (sulfide) groups is 2. The van der Waals surface area contributed by atoms with Gasteiger partial charge in [-0.2, -0.15) is 9.50 Å². The standard InChI is InChI=1S/C29H27N7O6S2/c1-14-10-21(36-29(30-14)32-24(33-36)15-2-6-19(37)7-3-15)43-13-20(38)31-22-26(40)35-23(28(41)42)17(12-44-27(22)35)11-16-8-9-34(25(16)39)18-4-5-18/h2-3,6-7,10-11,18,22,27,37H,4-5,8-9,12-13H2,1H3,(H,31,38)(H,41,42)/b16-11+/t22-,27-/m1/s1. The quantitative estimate of drug-likeness (QED) is 0.143. The molecular formula is C29H27N7O6S2. The Kier molecular flexibility index (Phi) is 7.08. The largest absolute Gasteiger partial charge is 0.508 e. The lowest BCUT2D eigenvalue weighted by Crippen LogP contribution is -2.70. The minimum Gasteiger partial charge on any atom is -0.508 e. The lowest BCUT2D eigenvalue weighted by Gasteiger charge is -2.49. The number of phenols is 1. The van der Waals surface area contributed by atoms with Gasteiger partial charge in [0, 0.05) is 35.2 Å². The number of aliphatic carboxylic acids is 1. The molecule has 4 aliphatic rings. The maximum Gasteiger partial charge on any atom is 0.352 e. The highest BCUT2D eigenvalue weighted by molar-refractivity contribution is 8.00. The van der Waals surface area contributed by atoms with Gasteiger partial charge in [0.15, 0.2) is 5.82 Å². The number of rotatable bonds is 8. The van der Waals surface area contributed by atoms with Crippen LogP contribution < -0.4 is 5.32 Å². The first-order chi connectivity index (χ1) is 21.2. The normalized spacial score (nSPS) is 22.5. The number of amides is 3. The number of nitrogens with one attached hydrogen (secondary N) is 1. The van der Waals surface area contributed by atoms with Crippen LogP contribution in [0.4, 0.5) is 0 Å². The number of allylic oxidation sites excluding steroid dienone is 1. The van der Waals surface area contributed by atoms with Crippen molar-refractivity contribution in [3.8, 4) is 17.1 Å². The molecule has 0 bridgehead atoms. The number of phenolic OH excluding ortho intramolecular Hbond substituents is 1. The Bertz CT molecular complexity index is 1800. The molecular weight excluding hydrogens is 606 g/mol. The fourth-order valence-corrected chi connectivity index (χ4v) is 7.78. The van der Waals surface area contributed by atoms with Crippen molar-refractivity contribution in [2.75, 3.05) is 18.1 Å². The van der Waals surface area contributed by atoms with Crippen molar-refractivity contribution in [3.63, 3.8) is 0 Å². The van der Waals surface area contributed by atoms with Crippen molar-refractivity contribution in [3.05, 3.63) is 58.9 Å². The highest BCUT2D eigenvalue weighted by Gasteiger charge is 2.54. The summed E-state index contributed by atoms with van der Waals surface area (Å²) in [5.41, 5.74) is 2.26. The van der Waals surface area contributed by atoms with E-state index in [4.69, 9.17) is 0 Å². The maximum atomic E-state index is 13.1. The summed E-state index contributed by atoms with van der Waals surface area (Å²) in [5.74, 6) is -0.994. The molecule has 5 heterocycles. The zero-order valence-corrected chi connectivity index (χ0v) is 25.1. The summed E-state index contributed by atoms with van der Waals surface area (Å²) >= 11 is 2.58. The number of fused-ring (bicyclic) bond motifs is 2. The Hall–Kier alpha value is -4.37. The van der Waals surface area contributed by atoms with Gasteiger partial charge >= 0.3 is 5.97 Å². The first-order valence-electron chi connectivity index (χ1n) is 14.1. The molecule has 44 heavy (non-hydrogen) atoms. The van der Waals surface area contributed by atoms with Gasteiger partial charge in [-0.3, -0.25) is 19.3 Å². The van der Waals surface area contributed by atoms with Crippen LogP contribution >= 0.6 is 23.5 Å². The summed E-state index contributed by atoms with van der Waals surface area (Å²) in [4.78, 5) is 63.2. The van der Waals surface area contributed by atoms with Crippen LogP contribution in [0.25, 0.3) is 17.2 Å². The number of carbonyl (C=O) groups excluding carboxylic acids is 3. The van der Waals surface area contributed by atoms with E-state index in [2.05, 4.69) is 20.4 Å². The SMILES string of the molecule is Cc1cc(SCC(=O)N[C@@H]2C(=O)N3C(C(=O)O)=C(/C=C4\CCN(C5CC5)C4=O)CS[C@H]23)n2nc(-c3ccc(O)cc3)nc2n1. The number of likely N-dealkylation sites (tertiary alicyclic amines) is 1. The molecule has 3 aromatic rings. The monoisotopic (exact) mass is 633 g/mol. The zero-order chi connectivity index (χ0) is 30.7. The predicted molar refractivity (Wildman–Crippen MR) is 160 cm³/mol. The average Bonchev–Trinajstić information content (AvgIpc) is 3.65. The van der Waals surface area contributed by atoms with Crippen LogP contribution in [-0.4, -0.2) is 98.8 Å². The molecule has 15 heteroatoms. The number of nitrogens with zero attached hydrogens (tertiary/aromatic N) is 6. The highest BCUT2D eigenvalue weighted by atomic mass is 32.2. The first kappa shape index (κ1) is 28.4. The third kappa shape index (κ3) is 5.09. The summed E-state index contributed by atoms with van der Waals surface area (Å²) in [7, 11) is 0. The predicted octanol–water partition coefficient (Wildman–Crippen LogP) is 1.96. The molecule has 1 saturated carbocycles. The second-order valence-electron chi connectivity index (χ2n) is 11.0. The number of β-lactam (4-membered cyclic amide) rings is 1. The Morgan fingerprint density at radius 2 is 1.95 bits per heavy atom. The molecule has 0 spiro atoms.